The number of nitrogens with zero attached hydrogens (tertiary/aromatic N) is 1. The monoisotopic (exact) mass is 379 g/mol. The average Bonchev–Trinajstić information content (AvgIpc) is 2.68. The van der Waals surface area contributed by atoms with E-state index in [0.717, 1.165) is 0 Å². The molecular weight excluding hydrogens is 330 g/mol. The van der Waals surface area contributed by atoms with Gasteiger partial charge in [-0.05, 0) is 24.7 Å². The molecule has 1 saturated carbocycles. The van der Waals surface area contributed by atoms with E-state index in [9.17, 15) is 4.91 Å². The van der Waals surface area contributed by atoms with Crippen LogP contribution in [0.4, 0.5) is 0 Å². The van der Waals surface area contributed by atoms with Crippen LogP contribution in [0.2, 0.25) is 0 Å². The molecule has 0 radical (unpaired) electrons. The molecular formula is C25H49NO. The quantitative estimate of drug-likeness (QED) is 0.162. The summed E-state index contributed by atoms with van der Waals surface area (Å²) in [7, 11) is 0. The Kier molecular flexibility index (Phi) is 16.1. The number of rotatable bonds is 19. The fourth-order valence-corrected chi connectivity index (χ4v) is 4.97. The van der Waals surface area contributed by atoms with Crippen molar-refractivity contribution < 1.29 is 0 Å². The van der Waals surface area contributed by atoms with Gasteiger partial charge in [0.05, 0.1) is 6.54 Å². The van der Waals surface area contributed by atoms with Gasteiger partial charge in [-0.15, -0.1) is 0 Å². The second-order valence-electron chi connectivity index (χ2n) is 9.40. The Hall–Kier alpha value is -0.400. The predicted octanol–water partition coefficient (Wildman–Crippen LogP) is 9.35. The zero-order valence-electron chi connectivity index (χ0n) is 18.6. The van der Waals surface area contributed by atoms with Crippen molar-refractivity contribution in [2.45, 2.75) is 148 Å². The third-order valence-corrected chi connectivity index (χ3v) is 6.87. The SMILES string of the molecule is CCCCCCCCCCCCCCCCCCC1(CN=O)CCCCC1. The summed E-state index contributed by atoms with van der Waals surface area (Å²) in [5.74, 6) is 0. The van der Waals surface area contributed by atoms with Crippen molar-refractivity contribution in [3.8, 4) is 0 Å². The minimum absolute atomic E-state index is 0.288. The molecule has 1 aliphatic rings. The molecule has 0 unspecified atom stereocenters. The molecule has 0 amide bonds. The Bertz CT molecular complexity index is 322. The maximum atomic E-state index is 10.8. The molecule has 0 aromatic rings. The van der Waals surface area contributed by atoms with E-state index >= 15 is 0 Å². The summed E-state index contributed by atoms with van der Waals surface area (Å²) < 4.78 is 0. The molecule has 0 heterocycles. The van der Waals surface area contributed by atoms with Gasteiger partial charge in [-0.1, -0.05) is 134 Å². The molecule has 2 nitrogen and oxygen atoms in total. The third kappa shape index (κ3) is 13.4. The largest absolute Gasteiger partial charge is 0.151 e. The molecule has 1 rings (SSSR count). The molecule has 0 atom stereocenters. The van der Waals surface area contributed by atoms with Crippen molar-refractivity contribution in [2.24, 2.45) is 10.6 Å². The molecule has 0 aromatic heterocycles. The number of unbranched alkanes of at least 4 members (excludes halogenated alkanes) is 15. The van der Waals surface area contributed by atoms with Gasteiger partial charge < -0.3 is 0 Å². The lowest BCUT2D eigenvalue weighted by atomic mass is 9.71. The zero-order chi connectivity index (χ0) is 19.5. The van der Waals surface area contributed by atoms with Gasteiger partial charge in [0.25, 0.3) is 0 Å². The van der Waals surface area contributed by atoms with Gasteiger partial charge in [-0.3, -0.25) is 0 Å². The Labute approximate surface area is 170 Å². The molecule has 27 heavy (non-hydrogen) atoms. The maximum Gasteiger partial charge on any atom is 0.0867 e. The van der Waals surface area contributed by atoms with Gasteiger partial charge in [0.2, 0.25) is 0 Å². The highest BCUT2D eigenvalue weighted by molar-refractivity contribution is 4.84. The van der Waals surface area contributed by atoms with Crippen molar-refractivity contribution in [3.05, 3.63) is 4.91 Å². The van der Waals surface area contributed by atoms with E-state index in [0.29, 0.717) is 6.54 Å². The van der Waals surface area contributed by atoms with Crippen LogP contribution in [-0.4, -0.2) is 6.54 Å². The fourth-order valence-electron chi connectivity index (χ4n) is 4.97. The van der Waals surface area contributed by atoms with E-state index in [4.69, 9.17) is 0 Å². The highest BCUT2D eigenvalue weighted by atomic mass is 16.3. The van der Waals surface area contributed by atoms with Crippen LogP contribution >= 0.6 is 0 Å². The number of hydrogen-bond acceptors (Lipinski definition) is 2. The summed E-state index contributed by atoms with van der Waals surface area (Å²) in [6.07, 6.45) is 30.5. The van der Waals surface area contributed by atoms with Crippen LogP contribution in [0.3, 0.4) is 0 Å². The molecule has 1 fully saturated rings. The minimum atomic E-state index is 0.288. The van der Waals surface area contributed by atoms with Crippen LogP contribution in [0.25, 0.3) is 0 Å². The second kappa shape index (κ2) is 17.7. The average molecular weight is 380 g/mol. The standard InChI is InChI=1S/C25H49NO/c1-2-3-4-5-6-7-8-9-10-11-12-13-14-15-16-18-21-25(24-26-27)22-19-17-20-23-25/h2-24H2,1H3. The Morgan fingerprint density at radius 3 is 1.41 bits per heavy atom. The Morgan fingerprint density at radius 1 is 0.593 bits per heavy atom. The highest BCUT2D eigenvalue weighted by Crippen LogP contribution is 2.41. The lowest BCUT2D eigenvalue weighted by molar-refractivity contribution is 0.176. The van der Waals surface area contributed by atoms with Crippen molar-refractivity contribution in [1.82, 2.24) is 0 Å². The maximum absolute atomic E-state index is 10.8. The van der Waals surface area contributed by atoms with Crippen molar-refractivity contribution in [1.29, 1.82) is 0 Å². The van der Waals surface area contributed by atoms with E-state index in [1.165, 1.54) is 141 Å². The summed E-state index contributed by atoms with van der Waals surface area (Å²) in [4.78, 5) is 10.8. The van der Waals surface area contributed by atoms with E-state index < -0.39 is 0 Å². The van der Waals surface area contributed by atoms with E-state index in [-0.39, 0.29) is 5.41 Å². The number of nitroso groups, excluding NO2 is 1. The fraction of sp³-hybridized carbons (Fsp3) is 1.00. The summed E-state index contributed by atoms with van der Waals surface area (Å²) in [6, 6.07) is 0. The smallest absolute Gasteiger partial charge is 0.0867 e. The lowest BCUT2D eigenvalue weighted by Crippen LogP contribution is -2.27. The van der Waals surface area contributed by atoms with Gasteiger partial charge >= 0.3 is 0 Å². The topological polar surface area (TPSA) is 29.4 Å². The van der Waals surface area contributed by atoms with E-state index in [2.05, 4.69) is 12.1 Å². The van der Waals surface area contributed by atoms with Crippen LogP contribution in [-0.2, 0) is 0 Å². The highest BCUT2D eigenvalue weighted by Gasteiger charge is 2.31. The van der Waals surface area contributed by atoms with E-state index in [1.807, 2.05) is 0 Å². The predicted molar refractivity (Wildman–Crippen MR) is 120 cm³/mol. The first kappa shape index (κ1) is 24.6. The van der Waals surface area contributed by atoms with Gasteiger partial charge in [-0.25, -0.2) is 0 Å². The third-order valence-electron chi connectivity index (χ3n) is 6.87. The van der Waals surface area contributed by atoms with Crippen molar-refractivity contribution >= 4 is 0 Å². The number of hydrogen-bond donors (Lipinski definition) is 0. The molecule has 0 spiro atoms. The van der Waals surface area contributed by atoms with Crippen LogP contribution in [0.15, 0.2) is 5.18 Å². The molecule has 0 aromatic carbocycles. The molecule has 0 aliphatic heterocycles. The first-order valence-corrected chi connectivity index (χ1v) is 12.6. The van der Waals surface area contributed by atoms with Crippen molar-refractivity contribution in [2.75, 3.05) is 6.54 Å². The molecule has 160 valence electrons. The van der Waals surface area contributed by atoms with Gasteiger partial charge in [0.15, 0.2) is 0 Å². The molecule has 0 N–H and O–H groups in total. The zero-order valence-corrected chi connectivity index (χ0v) is 18.6. The molecule has 0 saturated heterocycles. The minimum Gasteiger partial charge on any atom is -0.151 e. The summed E-state index contributed by atoms with van der Waals surface area (Å²) >= 11 is 0. The van der Waals surface area contributed by atoms with Gasteiger partial charge in [0, 0.05) is 0 Å². The van der Waals surface area contributed by atoms with Crippen LogP contribution in [0.1, 0.15) is 148 Å². The summed E-state index contributed by atoms with van der Waals surface area (Å²) in [5, 5.41) is 3.27. The van der Waals surface area contributed by atoms with Crippen LogP contribution in [0, 0.1) is 10.3 Å². The summed E-state index contributed by atoms with van der Waals surface area (Å²) in [5.41, 5.74) is 0.288. The second-order valence-corrected chi connectivity index (χ2v) is 9.40. The van der Waals surface area contributed by atoms with Crippen molar-refractivity contribution in [3.63, 3.8) is 0 Å². The van der Waals surface area contributed by atoms with E-state index in [1.54, 1.807) is 0 Å². The lowest BCUT2D eigenvalue weighted by Gasteiger charge is -2.35. The molecule has 0 bridgehead atoms. The first-order valence-electron chi connectivity index (χ1n) is 12.6. The van der Waals surface area contributed by atoms with Crippen LogP contribution in [0.5, 0.6) is 0 Å². The first-order chi connectivity index (χ1) is 13.3. The Morgan fingerprint density at radius 2 is 1.00 bits per heavy atom. The van der Waals surface area contributed by atoms with Crippen LogP contribution < -0.4 is 0 Å². The molecule has 2 heteroatoms. The molecule has 1 aliphatic carbocycles. The normalized spacial score (nSPS) is 16.5. The van der Waals surface area contributed by atoms with Gasteiger partial charge in [-0.2, -0.15) is 4.91 Å². The Balaban J connectivity index is 1.81. The van der Waals surface area contributed by atoms with Gasteiger partial charge in [0.1, 0.15) is 0 Å². The summed E-state index contributed by atoms with van der Waals surface area (Å²) in [6.45, 7) is 2.87.